The number of ether oxygens (including phenoxy) is 2. The number of carbonyl (C=O) groups is 4. The zero-order valence-corrected chi connectivity index (χ0v) is 7.13. The lowest BCUT2D eigenvalue weighted by Crippen LogP contribution is -2.08. The van der Waals surface area contributed by atoms with Crippen molar-refractivity contribution in [3.63, 3.8) is 0 Å². The van der Waals surface area contributed by atoms with Crippen molar-refractivity contribution < 1.29 is 33.8 Å². The summed E-state index contributed by atoms with van der Waals surface area (Å²) < 4.78 is 8.33. The predicted octanol–water partition coefficient (Wildman–Crippen LogP) is -0.862. The Morgan fingerprint density at radius 3 is 2.47 bits per heavy atom. The molecule has 0 aliphatic carbocycles. The van der Waals surface area contributed by atoms with Crippen LogP contribution in [0.25, 0.3) is 0 Å². The van der Waals surface area contributed by atoms with Crippen molar-refractivity contribution >= 4 is 23.9 Å². The third kappa shape index (κ3) is 3.07. The average molecular weight is 212 g/mol. The van der Waals surface area contributed by atoms with Crippen LogP contribution in [0.2, 0.25) is 0 Å². The fraction of sp³-hybridized carbons (Fsp3) is 0. The third-order valence-corrected chi connectivity index (χ3v) is 1.22. The van der Waals surface area contributed by atoms with Gasteiger partial charge in [0.1, 0.15) is 0 Å². The molecule has 0 amide bonds. The highest BCUT2D eigenvalue weighted by molar-refractivity contribution is 6.09. The molecule has 0 saturated carbocycles. The van der Waals surface area contributed by atoms with Crippen molar-refractivity contribution in [1.29, 1.82) is 0 Å². The van der Waals surface area contributed by atoms with Crippen LogP contribution in [0.3, 0.4) is 0 Å². The zero-order valence-electron chi connectivity index (χ0n) is 7.13. The van der Waals surface area contributed by atoms with E-state index in [2.05, 4.69) is 9.47 Å². The molecule has 0 fully saturated rings. The second-order valence-electron chi connectivity index (χ2n) is 2.31. The number of hydrogen-bond donors (Lipinski definition) is 1. The molecular weight excluding hydrogens is 208 g/mol. The van der Waals surface area contributed by atoms with Gasteiger partial charge in [-0.15, -0.1) is 0 Å². The van der Waals surface area contributed by atoms with Gasteiger partial charge in [-0.1, -0.05) is 0 Å². The Labute approximate surface area is 82.6 Å². The van der Waals surface area contributed by atoms with Gasteiger partial charge in [-0.25, -0.2) is 19.2 Å². The molecule has 0 unspecified atom stereocenters. The molecule has 0 aromatic carbocycles. The number of rotatable bonds is 3. The number of carboxylic acid groups (broad SMARTS) is 1. The maximum atomic E-state index is 10.8. The van der Waals surface area contributed by atoms with Gasteiger partial charge in [0.15, 0.2) is 0 Å². The summed E-state index contributed by atoms with van der Waals surface area (Å²) in [5, 5.41) is 8.16. The van der Waals surface area contributed by atoms with Crippen LogP contribution in [0.1, 0.15) is 0 Å². The van der Waals surface area contributed by atoms with E-state index in [1.807, 2.05) is 0 Å². The van der Waals surface area contributed by atoms with Gasteiger partial charge >= 0.3 is 23.9 Å². The van der Waals surface area contributed by atoms with Crippen LogP contribution in [0.15, 0.2) is 24.0 Å². The van der Waals surface area contributed by atoms with E-state index in [-0.39, 0.29) is 0 Å². The first-order valence-electron chi connectivity index (χ1n) is 3.59. The highest BCUT2D eigenvalue weighted by Crippen LogP contribution is 2.09. The molecule has 15 heavy (non-hydrogen) atoms. The number of aliphatic carboxylic acids is 1. The van der Waals surface area contributed by atoms with Crippen molar-refractivity contribution in [2.45, 2.75) is 0 Å². The smallest absolute Gasteiger partial charge is 0.382 e. The Hall–Kier alpha value is -2.44. The number of cyclic esters (lactones) is 2. The molecule has 0 aromatic heterocycles. The summed E-state index contributed by atoms with van der Waals surface area (Å²) in [5.74, 6) is -5.02. The van der Waals surface area contributed by atoms with Crippen molar-refractivity contribution in [3.05, 3.63) is 24.0 Å². The van der Waals surface area contributed by atoms with Gasteiger partial charge in [0.25, 0.3) is 0 Å². The molecule has 1 aliphatic rings. The molecule has 1 aliphatic heterocycles. The monoisotopic (exact) mass is 212 g/mol. The fourth-order valence-corrected chi connectivity index (χ4v) is 0.690. The van der Waals surface area contributed by atoms with Crippen LogP contribution < -0.4 is 0 Å². The molecule has 0 radical (unpaired) electrons. The Morgan fingerprint density at radius 2 is 2.00 bits per heavy atom. The summed E-state index contributed by atoms with van der Waals surface area (Å²) in [6, 6.07) is 0. The van der Waals surface area contributed by atoms with Gasteiger partial charge in [-0.3, -0.25) is 0 Å². The van der Waals surface area contributed by atoms with Gasteiger partial charge in [0.05, 0.1) is 6.08 Å². The first kappa shape index (κ1) is 10.6. The third-order valence-electron chi connectivity index (χ3n) is 1.22. The first-order valence-corrected chi connectivity index (χ1v) is 3.59. The van der Waals surface area contributed by atoms with Crippen molar-refractivity contribution in [1.82, 2.24) is 0 Å². The highest BCUT2D eigenvalue weighted by Gasteiger charge is 2.26. The van der Waals surface area contributed by atoms with Gasteiger partial charge in [-0.05, 0) is 0 Å². The molecule has 78 valence electrons. The lowest BCUT2D eigenvalue weighted by Gasteiger charge is -1.96. The number of esters is 3. The minimum atomic E-state index is -1.34. The van der Waals surface area contributed by atoms with Crippen LogP contribution in [-0.4, -0.2) is 29.0 Å². The topological polar surface area (TPSA) is 107 Å². The number of hydrogen-bond acceptors (Lipinski definition) is 6. The Morgan fingerprint density at radius 1 is 1.33 bits per heavy atom. The minimum Gasteiger partial charge on any atom is -0.478 e. The summed E-state index contributed by atoms with van der Waals surface area (Å²) in [7, 11) is 0. The minimum absolute atomic E-state index is 0.533. The van der Waals surface area contributed by atoms with Crippen molar-refractivity contribution in [2.24, 2.45) is 0 Å². The average Bonchev–Trinajstić information content (AvgIpc) is 2.42. The fourth-order valence-electron chi connectivity index (χ4n) is 0.690. The van der Waals surface area contributed by atoms with E-state index in [1.54, 1.807) is 0 Å². The van der Waals surface area contributed by atoms with Crippen LogP contribution in [0.5, 0.6) is 0 Å². The van der Waals surface area contributed by atoms with E-state index in [0.717, 1.165) is 0 Å². The largest absolute Gasteiger partial charge is 0.478 e. The quantitative estimate of drug-likeness (QED) is 0.368. The Kier molecular flexibility index (Phi) is 2.97. The van der Waals surface area contributed by atoms with Gasteiger partial charge in [-0.2, -0.15) is 0 Å². The molecule has 1 N–H and O–H groups in total. The number of carboxylic acids is 1. The van der Waals surface area contributed by atoms with E-state index in [1.165, 1.54) is 0 Å². The van der Waals surface area contributed by atoms with E-state index in [4.69, 9.17) is 5.11 Å². The maximum Gasteiger partial charge on any atom is 0.382 e. The van der Waals surface area contributed by atoms with Crippen molar-refractivity contribution in [3.8, 4) is 0 Å². The summed E-state index contributed by atoms with van der Waals surface area (Å²) in [6.45, 7) is 0. The molecule has 1 heterocycles. The molecule has 0 spiro atoms. The molecular formula is C8H4O7. The first-order chi connectivity index (χ1) is 6.99. The highest BCUT2D eigenvalue weighted by atomic mass is 16.6. The Balaban J connectivity index is 2.60. The Bertz CT molecular complexity index is 401. The van der Waals surface area contributed by atoms with Crippen LogP contribution >= 0.6 is 0 Å². The molecule has 0 atom stereocenters. The van der Waals surface area contributed by atoms with E-state index in [9.17, 15) is 19.2 Å². The van der Waals surface area contributed by atoms with Crippen LogP contribution in [0.4, 0.5) is 0 Å². The lowest BCUT2D eigenvalue weighted by atomic mass is 10.4. The normalized spacial score (nSPS) is 15.1. The van der Waals surface area contributed by atoms with Crippen LogP contribution in [0, 0.1) is 0 Å². The molecule has 1 rings (SSSR count). The standard InChI is InChI=1S/C8H4O7/c9-5(10)1-2-6(11)14-4-3-7(12)15-8(4)13/h1-3H,(H,9,10)/b2-1-. The van der Waals surface area contributed by atoms with Gasteiger partial charge in [0.2, 0.25) is 5.76 Å². The molecule has 0 aromatic rings. The number of carbonyl (C=O) groups excluding carboxylic acids is 3. The molecule has 7 heteroatoms. The summed E-state index contributed by atoms with van der Waals surface area (Å²) >= 11 is 0. The summed E-state index contributed by atoms with van der Waals surface area (Å²) in [6.07, 6.45) is 1.82. The van der Waals surface area contributed by atoms with E-state index < -0.39 is 29.6 Å². The summed E-state index contributed by atoms with van der Waals surface area (Å²) in [4.78, 5) is 42.0. The SMILES string of the molecule is O=C(O)/C=C\C(=O)OC1=CC(=O)OC1=O. The van der Waals surface area contributed by atoms with Gasteiger partial charge < -0.3 is 14.6 Å². The maximum absolute atomic E-state index is 10.8. The van der Waals surface area contributed by atoms with Crippen LogP contribution in [-0.2, 0) is 28.7 Å². The van der Waals surface area contributed by atoms with E-state index >= 15 is 0 Å². The zero-order chi connectivity index (χ0) is 11.4. The lowest BCUT2D eigenvalue weighted by molar-refractivity contribution is -0.154. The summed E-state index contributed by atoms with van der Waals surface area (Å²) in [5.41, 5.74) is 0. The molecule has 0 bridgehead atoms. The van der Waals surface area contributed by atoms with E-state index in [0.29, 0.717) is 18.2 Å². The second-order valence-corrected chi connectivity index (χ2v) is 2.31. The van der Waals surface area contributed by atoms with Gasteiger partial charge in [0, 0.05) is 12.2 Å². The molecule has 7 nitrogen and oxygen atoms in total. The van der Waals surface area contributed by atoms with Crippen molar-refractivity contribution in [2.75, 3.05) is 0 Å². The predicted molar refractivity (Wildman–Crippen MR) is 42.0 cm³/mol. The second kappa shape index (κ2) is 4.18. The molecule has 0 saturated heterocycles.